The van der Waals surface area contributed by atoms with Crippen LogP contribution in [0.5, 0.6) is 0 Å². The molecule has 2 atom stereocenters. The highest BCUT2D eigenvalue weighted by Gasteiger charge is 2.50. The summed E-state index contributed by atoms with van der Waals surface area (Å²) in [7, 11) is -3.49. The van der Waals surface area contributed by atoms with E-state index in [1.54, 1.807) is 27.7 Å². The second kappa shape index (κ2) is 6.83. The highest BCUT2D eigenvalue weighted by molar-refractivity contribution is 7.93. The van der Waals surface area contributed by atoms with Crippen molar-refractivity contribution in [3.8, 4) is 0 Å². The molecule has 6 heteroatoms. The Morgan fingerprint density at radius 3 is 2.61 bits per heavy atom. The lowest BCUT2D eigenvalue weighted by atomic mass is 9.96. The predicted molar refractivity (Wildman–Crippen MR) is 90.9 cm³/mol. The molecule has 2 aliphatic rings. The van der Waals surface area contributed by atoms with Gasteiger partial charge in [0.05, 0.1) is 17.4 Å². The van der Waals surface area contributed by atoms with Crippen molar-refractivity contribution in [1.82, 2.24) is 4.90 Å². The molecule has 2 rings (SSSR count). The second-order valence-electron chi connectivity index (χ2n) is 7.36. The Morgan fingerprint density at radius 2 is 2.00 bits per heavy atom. The minimum Gasteiger partial charge on any atom is -0.450 e. The maximum atomic E-state index is 13.0. The van der Waals surface area contributed by atoms with Gasteiger partial charge in [0, 0.05) is 6.42 Å². The third-order valence-corrected chi connectivity index (χ3v) is 7.58. The van der Waals surface area contributed by atoms with Crippen LogP contribution in [0.4, 0.5) is 4.79 Å². The van der Waals surface area contributed by atoms with Gasteiger partial charge in [0.2, 0.25) is 0 Å². The summed E-state index contributed by atoms with van der Waals surface area (Å²) in [4.78, 5) is 14.0. The Kier molecular flexibility index (Phi) is 5.44. The smallest absolute Gasteiger partial charge is 0.411 e. The van der Waals surface area contributed by atoms with E-state index >= 15 is 0 Å². The molecule has 0 bridgehead atoms. The molecule has 23 heavy (non-hydrogen) atoms. The Hall–Kier alpha value is -1.04. The van der Waals surface area contributed by atoms with E-state index in [2.05, 4.69) is 6.08 Å². The van der Waals surface area contributed by atoms with Gasteiger partial charge in [-0.3, -0.25) is 4.90 Å². The molecule has 132 valence electrons. The largest absolute Gasteiger partial charge is 0.450 e. The van der Waals surface area contributed by atoms with Crippen molar-refractivity contribution in [3.63, 3.8) is 0 Å². The van der Waals surface area contributed by atoms with Gasteiger partial charge in [-0.15, -0.1) is 0 Å². The first-order valence-corrected chi connectivity index (χ1v) is 10.1. The molecule has 1 amide bonds. The number of hydrogen-bond acceptors (Lipinski definition) is 4. The number of likely N-dealkylation sites (tertiary alicyclic amines) is 1. The molecule has 0 aromatic rings. The fraction of sp³-hybridized carbons (Fsp3) is 0.824. The predicted octanol–water partition coefficient (Wildman–Crippen LogP) is 3.65. The number of hydrogen-bond donors (Lipinski definition) is 0. The molecule has 1 saturated heterocycles. The van der Waals surface area contributed by atoms with Crippen LogP contribution in [-0.2, 0) is 14.6 Å². The van der Waals surface area contributed by atoms with Gasteiger partial charge < -0.3 is 4.74 Å². The summed E-state index contributed by atoms with van der Waals surface area (Å²) in [5.74, 6) is 0. The van der Waals surface area contributed by atoms with E-state index in [0.717, 1.165) is 37.7 Å². The number of carbonyl (C=O) groups excluding carboxylic acids is 1. The van der Waals surface area contributed by atoms with Crippen LogP contribution in [0.15, 0.2) is 11.6 Å². The zero-order valence-corrected chi connectivity index (χ0v) is 15.5. The number of sulfone groups is 1. The molecular weight excluding hydrogens is 314 g/mol. The van der Waals surface area contributed by atoms with Gasteiger partial charge in [0.1, 0.15) is 5.37 Å². The minimum absolute atomic E-state index is 0.128. The summed E-state index contributed by atoms with van der Waals surface area (Å²) in [6, 6.07) is -0.128. The van der Waals surface area contributed by atoms with E-state index in [9.17, 15) is 13.2 Å². The Bertz CT molecular complexity index is 574. The van der Waals surface area contributed by atoms with Gasteiger partial charge in [-0.1, -0.05) is 18.9 Å². The van der Waals surface area contributed by atoms with E-state index in [1.165, 1.54) is 4.90 Å². The van der Waals surface area contributed by atoms with E-state index in [0.29, 0.717) is 6.42 Å². The first kappa shape index (κ1) is 18.3. The Balaban J connectivity index is 2.44. The van der Waals surface area contributed by atoms with E-state index in [1.807, 2.05) is 0 Å². The normalized spacial score (nSPS) is 28.3. The molecule has 1 aliphatic heterocycles. The first-order chi connectivity index (χ1) is 10.7. The number of fused-ring (bicyclic) bond motifs is 1. The average Bonchev–Trinajstić information content (AvgIpc) is 2.76. The lowest BCUT2D eigenvalue weighted by Gasteiger charge is -2.33. The lowest BCUT2D eigenvalue weighted by Crippen LogP contribution is -2.49. The van der Waals surface area contributed by atoms with Crippen molar-refractivity contribution in [2.45, 2.75) is 82.4 Å². The van der Waals surface area contributed by atoms with Crippen LogP contribution in [0.2, 0.25) is 0 Å². The molecule has 5 nitrogen and oxygen atoms in total. The van der Waals surface area contributed by atoms with Crippen molar-refractivity contribution < 1.29 is 17.9 Å². The van der Waals surface area contributed by atoms with Crippen LogP contribution in [0, 0.1) is 0 Å². The quantitative estimate of drug-likeness (QED) is 0.718. The second-order valence-corrected chi connectivity index (χ2v) is 10.2. The van der Waals surface area contributed by atoms with Gasteiger partial charge >= 0.3 is 6.09 Å². The summed E-state index contributed by atoms with van der Waals surface area (Å²) in [5.41, 5.74) is 1.09. The van der Waals surface area contributed by atoms with Crippen LogP contribution in [-0.4, -0.2) is 42.2 Å². The number of nitrogens with zero attached hydrogens (tertiary/aromatic N) is 1. The van der Waals surface area contributed by atoms with Gasteiger partial charge in [0.25, 0.3) is 0 Å². The molecular formula is C17H29NO4S. The van der Waals surface area contributed by atoms with Crippen molar-refractivity contribution >= 4 is 15.9 Å². The van der Waals surface area contributed by atoms with Crippen LogP contribution in [0.1, 0.15) is 66.2 Å². The molecule has 1 fully saturated rings. The average molecular weight is 343 g/mol. The third-order valence-electron chi connectivity index (χ3n) is 4.76. The molecule has 0 spiro atoms. The maximum Gasteiger partial charge on any atom is 0.411 e. The van der Waals surface area contributed by atoms with Crippen molar-refractivity contribution in [3.05, 3.63) is 11.6 Å². The van der Waals surface area contributed by atoms with E-state index in [-0.39, 0.29) is 12.6 Å². The van der Waals surface area contributed by atoms with Crippen LogP contribution in [0.3, 0.4) is 0 Å². The maximum absolute atomic E-state index is 13.0. The van der Waals surface area contributed by atoms with Crippen molar-refractivity contribution in [2.24, 2.45) is 0 Å². The SMILES string of the molecule is CCOC(=O)N1C(S(=O)(=O)C(C)(C)C)C/C2=C/CCCCC[C@H]21. The van der Waals surface area contributed by atoms with Crippen molar-refractivity contribution in [2.75, 3.05) is 6.61 Å². The summed E-state index contributed by atoms with van der Waals surface area (Å²) in [6.45, 7) is 7.08. The zero-order chi connectivity index (χ0) is 17.3. The minimum atomic E-state index is -3.49. The molecule has 0 radical (unpaired) electrons. The topological polar surface area (TPSA) is 63.7 Å². The van der Waals surface area contributed by atoms with Gasteiger partial charge in [0.15, 0.2) is 9.84 Å². The summed E-state index contributed by atoms with van der Waals surface area (Å²) in [5, 5.41) is -0.809. The summed E-state index contributed by atoms with van der Waals surface area (Å²) < 4.78 is 30.3. The summed E-state index contributed by atoms with van der Waals surface area (Å²) >= 11 is 0. The fourth-order valence-electron chi connectivity index (χ4n) is 3.42. The highest BCUT2D eigenvalue weighted by Crippen LogP contribution is 2.40. The van der Waals surface area contributed by atoms with Gasteiger partial charge in [-0.2, -0.15) is 0 Å². The van der Waals surface area contributed by atoms with Gasteiger partial charge in [-0.25, -0.2) is 13.2 Å². The molecule has 1 aliphatic carbocycles. The van der Waals surface area contributed by atoms with Crippen molar-refractivity contribution in [1.29, 1.82) is 0 Å². The Morgan fingerprint density at radius 1 is 1.30 bits per heavy atom. The molecule has 1 heterocycles. The standard InChI is InChI=1S/C17H29NO4S/c1-5-22-16(19)18-14-11-9-7-6-8-10-13(14)12-15(18)23(20,21)17(2,3)4/h10,14-15H,5-9,11-12H2,1-4H3/b13-10-/t14-,15?/m1/s1. The van der Waals surface area contributed by atoms with Crippen LogP contribution >= 0.6 is 0 Å². The van der Waals surface area contributed by atoms with Gasteiger partial charge in [-0.05, 0) is 52.5 Å². The lowest BCUT2D eigenvalue weighted by molar-refractivity contribution is 0.0979. The first-order valence-electron chi connectivity index (χ1n) is 8.57. The third kappa shape index (κ3) is 3.57. The monoisotopic (exact) mass is 343 g/mol. The fourth-order valence-corrected chi connectivity index (χ4v) is 5.18. The number of allylic oxidation sites excluding steroid dienone is 1. The molecule has 0 saturated carbocycles. The zero-order valence-electron chi connectivity index (χ0n) is 14.7. The summed E-state index contributed by atoms with van der Waals surface area (Å²) in [6.07, 6.45) is 7.11. The molecule has 0 aromatic carbocycles. The van der Waals surface area contributed by atoms with E-state index in [4.69, 9.17) is 4.74 Å². The molecule has 0 aromatic heterocycles. The number of rotatable bonds is 2. The number of carbonyl (C=O) groups is 1. The molecule has 1 unspecified atom stereocenters. The number of ether oxygens (including phenoxy) is 1. The number of amides is 1. The Labute approximate surface area is 140 Å². The van der Waals surface area contributed by atoms with E-state index < -0.39 is 26.1 Å². The highest BCUT2D eigenvalue weighted by atomic mass is 32.2. The van der Waals surface area contributed by atoms with Crippen LogP contribution in [0.25, 0.3) is 0 Å². The molecule has 0 N–H and O–H groups in total. The van der Waals surface area contributed by atoms with Crippen LogP contribution < -0.4 is 0 Å².